The predicted molar refractivity (Wildman–Crippen MR) is 52.4 cm³/mol. The summed E-state index contributed by atoms with van der Waals surface area (Å²) >= 11 is 0. The largest absolute Gasteiger partial charge is 0.504 e. The fourth-order valence-electron chi connectivity index (χ4n) is 1.28. The molecule has 1 rings (SSSR count). The normalized spacial score (nSPS) is 16.9. The molecule has 0 aromatic rings. The van der Waals surface area contributed by atoms with Crippen LogP contribution in [0.4, 0.5) is 0 Å². The lowest BCUT2D eigenvalue weighted by Gasteiger charge is -2.03. The maximum absolute atomic E-state index is 10.7. The maximum atomic E-state index is 10.7. The first kappa shape index (κ1) is 11.3. The molecule has 5 nitrogen and oxygen atoms in total. The monoisotopic (exact) mass is 212 g/mol. The van der Waals surface area contributed by atoms with Gasteiger partial charge in [-0.05, 0) is 24.5 Å². The Hall–Kier alpha value is -1.75. The third-order valence-corrected chi connectivity index (χ3v) is 2.08. The molecule has 0 aromatic heterocycles. The molecule has 1 aliphatic rings. The molecule has 0 fully saturated rings. The van der Waals surface area contributed by atoms with Gasteiger partial charge >= 0.3 is 5.97 Å². The number of aliphatic carboxylic acids is 1. The molecule has 0 unspecified atom stereocenters. The highest BCUT2D eigenvalue weighted by atomic mass is 16.4. The molecule has 0 spiro atoms. The molecular weight excluding hydrogens is 200 g/mol. The zero-order valence-electron chi connectivity index (χ0n) is 7.97. The number of allylic oxidation sites excluding steroid dienone is 3. The van der Waals surface area contributed by atoms with Crippen molar-refractivity contribution < 1.29 is 25.2 Å². The minimum absolute atomic E-state index is 0.00742. The molecule has 82 valence electrons. The van der Waals surface area contributed by atoms with Crippen LogP contribution >= 0.6 is 0 Å². The van der Waals surface area contributed by atoms with E-state index < -0.39 is 11.7 Å². The molecule has 5 heteroatoms. The molecule has 0 radical (unpaired) electrons. The van der Waals surface area contributed by atoms with Crippen molar-refractivity contribution in [3.8, 4) is 0 Å². The molecule has 0 aromatic carbocycles. The molecule has 0 bridgehead atoms. The quantitative estimate of drug-likeness (QED) is 0.560. The van der Waals surface area contributed by atoms with E-state index in [4.69, 9.17) is 10.2 Å². The van der Waals surface area contributed by atoms with Gasteiger partial charge in [-0.1, -0.05) is 6.08 Å². The number of carbonyl (C=O) groups is 1. The van der Waals surface area contributed by atoms with Crippen LogP contribution in [0.1, 0.15) is 12.8 Å². The second-order valence-corrected chi connectivity index (χ2v) is 3.12. The van der Waals surface area contributed by atoms with E-state index in [1.54, 1.807) is 0 Å². The SMILES string of the molecule is O=C(O)C1=CC(O)=C(O)C(CCO)=CC1. The summed E-state index contributed by atoms with van der Waals surface area (Å²) in [5.41, 5.74) is 0.342. The van der Waals surface area contributed by atoms with Crippen LogP contribution in [-0.4, -0.2) is 33.0 Å². The molecule has 0 heterocycles. The van der Waals surface area contributed by atoms with Crippen molar-refractivity contribution in [3.05, 3.63) is 34.8 Å². The van der Waals surface area contributed by atoms with Gasteiger partial charge < -0.3 is 20.4 Å². The van der Waals surface area contributed by atoms with Crippen molar-refractivity contribution in [1.29, 1.82) is 0 Å². The van der Waals surface area contributed by atoms with E-state index in [0.717, 1.165) is 6.08 Å². The lowest BCUT2D eigenvalue weighted by molar-refractivity contribution is -0.132. The Morgan fingerprint density at radius 2 is 2.07 bits per heavy atom. The highest BCUT2D eigenvalue weighted by molar-refractivity contribution is 5.87. The van der Waals surface area contributed by atoms with Crippen molar-refractivity contribution in [2.45, 2.75) is 12.8 Å². The summed E-state index contributed by atoms with van der Waals surface area (Å²) in [6.45, 7) is -0.175. The average molecular weight is 212 g/mol. The smallest absolute Gasteiger partial charge is 0.332 e. The van der Waals surface area contributed by atoms with Gasteiger partial charge in [-0.2, -0.15) is 0 Å². The van der Waals surface area contributed by atoms with Crippen LogP contribution in [0.5, 0.6) is 0 Å². The lowest BCUT2D eigenvalue weighted by Crippen LogP contribution is -1.99. The fourth-order valence-corrected chi connectivity index (χ4v) is 1.28. The van der Waals surface area contributed by atoms with E-state index in [1.165, 1.54) is 6.08 Å². The van der Waals surface area contributed by atoms with Gasteiger partial charge in [0.25, 0.3) is 0 Å². The minimum atomic E-state index is -1.14. The van der Waals surface area contributed by atoms with Gasteiger partial charge in [0.2, 0.25) is 0 Å². The minimum Gasteiger partial charge on any atom is -0.504 e. The van der Waals surface area contributed by atoms with Gasteiger partial charge in [-0.3, -0.25) is 0 Å². The van der Waals surface area contributed by atoms with E-state index in [1.807, 2.05) is 0 Å². The zero-order chi connectivity index (χ0) is 11.4. The highest BCUT2D eigenvalue weighted by Crippen LogP contribution is 2.22. The molecule has 0 saturated heterocycles. The first-order chi connectivity index (χ1) is 7.06. The van der Waals surface area contributed by atoms with Gasteiger partial charge in [0.15, 0.2) is 11.5 Å². The van der Waals surface area contributed by atoms with Gasteiger partial charge in [0, 0.05) is 12.2 Å². The van der Waals surface area contributed by atoms with E-state index in [2.05, 4.69) is 0 Å². The standard InChI is InChI=1S/C10H12O5/c11-4-3-6-1-2-7(10(14)15)5-8(12)9(6)13/h1,5,11-13H,2-4H2,(H,14,15). The summed E-state index contributed by atoms with van der Waals surface area (Å²) < 4.78 is 0. The Labute approximate surface area is 86.3 Å². The molecule has 0 aliphatic heterocycles. The van der Waals surface area contributed by atoms with Crippen LogP contribution in [0.25, 0.3) is 0 Å². The number of hydrogen-bond acceptors (Lipinski definition) is 4. The van der Waals surface area contributed by atoms with Crippen LogP contribution in [0.15, 0.2) is 34.8 Å². The predicted octanol–water partition coefficient (Wildman–Crippen LogP) is 1.04. The van der Waals surface area contributed by atoms with Crippen LogP contribution in [-0.2, 0) is 4.79 Å². The summed E-state index contributed by atoms with van der Waals surface area (Å²) in [5, 5.41) is 36.2. The molecular formula is C10H12O5. The van der Waals surface area contributed by atoms with Crippen molar-refractivity contribution >= 4 is 5.97 Å². The fraction of sp³-hybridized carbons (Fsp3) is 0.300. The second kappa shape index (κ2) is 4.65. The van der Waals surface area contributed by atoms with Crippen molar-refractivity contribution in [2.75, 3.05) is 6.61 Å². The zero-order valence-corrected chi connectivity index (χ0v) is 7.97. The molecule has 4 N–H and O–H groups in total. The third-order valence-electron chi connectivity index (χ3n) is 2.08. The number of carboxylic acids is 1. The van der Waals surface area contributed by atoms with Crippen LogP contribution in [0, 0.1) is 0 Å². The van der Waals surface area contributed by atoms with Gasteiger partial charge in [0.1, 0.15) is 0 Å². The highest BCUT2D eigenvalue weighted by Gasteiger charge is 2.16. The lowest BCUT2D eigenvalue weighted by atomic mass is 10.1. The summed E-state index contributed by atoms with van der Waals surface area (Å²) in [5.74, 6) is -2.00. The van der Waals surface area contributed by atoms with Gasteiger partial charge in [-0.15, -0.1) is 0 Å². The van der Waals surface area contributed by atoms with E-state index in [0.29, 0.717) is 5.57 Å². The summed E-state index contributed by atoms with van der Waals surface area (Å²) in [6, 6.07) is 0. The topological polar surface area (TPSA) is 98.0 Å². The Balaban J connectivity index is 3.04. The second-order valence-electron chi connectivity index (χ2n) is 3.12. The molecule has 0 amide bonds. The first-order valence-corrected chi connectivity index (χ1v) is 4.42. The summed E-state index contributed by atoms with van der Waals surface area (Å²) in [4.78, 5) is 10.7. The Kier molecular flexibility index (Phi) is 3.51. The average Bonchev–Trinajstić information content (AvgIpc) is 2.31. The van der Waals surface area contributed by atoms with E-state index in [9.17, 15) is 15.0 Å². The molecule has 0 atom stereocenters. The van der Waals surface area contributed by atoms with Crippen LogP contribution in [0.3, 0.4) is 0 Å². The number of carboxylic acid groups (broad SMARTS) is 1. The Morgan fingerprint density at radius 1 is 1.40 bits per heavy atom. The van der Waals surface area contributed by atoms with Crippen molar-refractivity contribution in [1.82, 2.24) is 0 Å². The first-order valence-electron chi connectivity index (χ1n) is 4.42. The van der Waals surface area contributed by atoms with E-state index >= 15 is 0 Å². The Morgan fingerprint density at radius 3 is 2.60 bits per heavy atom. The Bertz CT molecular complexity index is 362. The van der Waals surface area contributed by atoms with E-state index in [-0.39, 0.29) is 30.8 Å². The number of rotatable bonds is 3. The molecule has 0 saturated carbocycles. The van der Waals surface area contributed by atoms with Crippen LogP contribution < -0.4 is 0 Å². The van der Waals surface area contributed by atoms with Crippen molar-refractivity contribution in [3.63, 3.8) is 0 Å². The molecule has 1 aliphatic carbocycles. The van der Waals surface area contributed by atoms with Crippen molar-refractivity contribution in [2.24, 2.45) is 0 Å². The van der Waals surface area contributed by atoms with Crippen LogP contribution in [0.2, 0.25) is 0 Å². The molecule has 15 heavy (non-hydrogen) atoms. The number of hydrogen-bond donors (Lipinski definition) is 4. The maximum Gasteiger partial charge on any atom is 0.332 e. The number of aliphatic hydroxyl groups is 3. The van der Waals surface area contributed by atoms with Gasteiger partial charge in [0.05, 0.1) is 0 Å². The van der Waals surface area contributed by atoms with Gasteiger partial charge in [-0.25, -0.2) is 4.79 Å². The third kappa shape index (κ3) is 2.60. The number of aliphatic hydroxyl groups excluding tert-OH is 3. The summed E-state index contributed by atoms with van der Waals surface area (Å²) in [7, 11) is 0. The summed E-state index contributed by atoms with van der Waals surface area (Å²) in [6.07, 6.45) is 2.78.